The number of amides is 2. The van der Waals surface area contributed by atoms with Crippen LogP contribution in [-0.4, -0.2) is 15.8 Å². The van der Waals surface area contributed by atoms with Crippen LogP contribution in [0, 0.1) is 26.6 Å². The summed E-state index contributed by atoms with van der Waals surface area (Å²) in [5.41, 5.74) is 5.16. The van der Waals surface area contributed by atoms with E-state index in [-0.39, 0.29) is 5.82 Å². The largest absolute Gasteiger partial charge is 0.323 e. The first-order valence-corrected chi connectivity index (χ1v) is 8.35. The number of benzene rings is 2. The Morgan fingerprint density at radius 2 is 1.81 bits per heavy atom. The van der Waals surface area contributed by atoms with Crippen LogP contribution >= 0.6 is 0 Å². The second-order valence-corrected chi connectivity index (χ2v) is 6.28. The molecule has 0 atom stereocenters. The Morgan fingerprint density at radius 3 is 2.50 bits per heavy atom. The minimum atomic E-state index is -0.391. The van der Waals surface area contributed by atoms with Gasteiger partial charge in [-0.3, -0.25) is 4.68 Å². The molecule has 0 saturated carbocycles. The third-order valence-corrected chi connectivity index (χ3v) is 4.14. The molecule has 3 rings (SSSR count). The molecule has 6 heteroatoms. The standard InChI is InChI=1S/C20H21FN4O/c1-13-5-4-6-16(11-13)12-25-15(3)19(14(2)24-25)23-20(26)22-18-9-7-17(21)8-10-18/h4-11H,12H2,1-3H3,(H2,22,23,26). The highest BCUT2D eigenvalue weighted by atomic mass is 19.1. The number of urea groups is 1. The Morgan fingerprint density at radius 1 is 1.08 bits per heavy atom. The molecule has 0 aliphatic rings. The zero-order chi connectivity index (χ0) is 18.7. The van der Waals surface area contributed by atoms with Gasteiger partial charge < -0.3 is 10.6 Å². The number of hydrogen-bond donors (Lipinski definition) is 2. The van der Waals surface area contributed by atoms with Crippen LogP contribution in [0.5, 0.6) is 0 Å². The van der Waals surface area contributed by atoms with Crippen molar-refractivity contribution in [2.45, 2.75) is 27.3 Å². The number of carbonyl (C=O) groups excluding carboxylic acids is 1. The van der Waals surface area contributed by atoms with Crippen LogP contribution in [0.3, 0.4) is 0 Å². The molecule has 1 heterocycles. The topological polar surface area (TPSA) is 59.0 Å². The van der Waals surface area contributed by atoms with Gasteiger partial charge in [0.25, 0.3) is 0 Å². The normalized spacial score (nSPS) is 10.6. The number of aryl methyl sites for hydroxylation is 2. The molecule has 26 heavy (non-hydrogen) atoms. The molecule has 1 aromatic heterocycles. The highest BCUT2D eigenvalue weighted by Gasteiger charge is 2.14. The summed E-state index contributed by atoms with van der Waals surface area (Å²) in [7, 11) is 0. The van der Waals surface area contributed by atoms with E-state index in [0.29, 0.717) is 17.9 Å². The summed E-state index contributed by atoms with van der Waals surface area (Å²) in [6.07, 6.45) is 0. The zero-order valence-corrected chi connectivity index (χ0v) is 15.0. The maximum Gasteiger partial charge on any atom is 0.323 e. The van der Waals surface area contributed by atoms with Crippen molar-refractivity contribution in [2.24, 2.45) is 0 Å². The van der Waals surface area contributed by atoms with Gasteiger partial charge in [-0.1, -0.05) is 29.8 Å². The van der Waals surface area contributed by atoms with Crippen molar-refractivity contribution in [1.82, 2.24) is 9.78 Å². The molecule has 0 aliphatic heterocycles. The van der Waals surface area contributed by atoms with E-state index >= 15 is 0 Å². The van der Waals surface area contributed by atoms with Crippen molar-refractivity contribution >= 4 is 17.4 Å². The van der Waals surface area contributed by atoms with Gasteiger partial charge in [0.1, 0.15) is 5.82 Å². The van der Waals surface area contributed by atoms with E-state index in [1.54, 1.807) is 0 Å². The summed E-state index contributed by atoms with van der Waals surface area (Å²) < 4.78 is 14.8. The average molecular weight is 352 g/mol. The first kappa shape index (κ1) is 17.7. The molecule has 0 bridgehead atoms. The predicted octanol–water partition coefficient (Wildman–Crippen LogP) is 4.64. The fourth-order valence-corrected chi connectivity index (χ4v) is 2.82. The molecular weight excluding hydrogens is 331 g/mol. The van der Waals surface area contributed by atoms with E-state index in [4.69, 9.17) is 0 Å². The van der Waals surface area contributed by atoms with Gasteiger partial charge in [0.2, 0.25) is 0 Å². The Kier molecular flexibility index (Phi) is 5.02. The van der Waals surface area contributed by atoms with Crippen molar-refractivity contribution in [2.75, 3.05) is 10.6 Å². The Labute approximate surface area is 151 Å². The maximum absolute atomic E-state index is 12.9. The van der Waals surface area contributed by atoms with Crippen LogP contribution in [0.4, 0.5) is 20.6 Å². The summed E-state index contributed by atoms with van der Waals surface area (Å²) in [6, 6.07) is 13.5. The van der Waals surface area contributed by atoms with Crippen LogP contribution in [0.25, 0.3) is 0 Å². The SMILES string of the molecule is Cc1cccc(Cn2nc(C)c(NC(=O)Nc3ccc(F)cc3)c2C)c1. The summed E-state index contributed by atoms with van der Waals surface area (Å²) in [6.45, 7) is 6.46. The Balaban J connectivity index is 1.73. The van der Waals surface area contributed by atoms with Gasteiger partial charge in [-0.15, -0.1) is 0 Å². The molecule has 3 aromatic rings. The number of nitrogens with zero attached hydrogens (tertiary/aromatic N) is 2. The molecule has 0 unspecified atom stereocenters. The van der Waals surface area contributed by atoms with Crippen molar-refractivity contribution in [3.05, 3.63) is 76.9 Å². The van der Waals surface area contributed by atoms with Crippen molar-refractivity contribution < 1.29 is 9.18 Å². The fourth-order valence-electron chi connectivity index (χ4n) is 2.82. The highest BCUT2D eigenvalue weighted by Crippen LogP contribution is 2.21. The lowest BCUT2D eigenvalue weighted by atomic mass is 10.1. The first-order chi connectivity index (χ1) is 12.4. The number of aromatic nitrogens is 2. The van der Waals surface area contributed by atoms with Gasteiger partial charge >= 0.3 is 6.03 Å². The third kappa shape index (κ3) is 4.08. The second kappa shape index (κ2) is 7.39. The molecule has 5 nitrogen and oxygen atoms in total. The van der Waals surface area contributed by atoms with Crippen LogP contribution < -0.4 is 10.6 Å². The molecular formula is C20H21FN4O. The number of rotatable bonds is 4. The quantitative estimate of drug-likeness (QED) is 0.719. The zero-order valence-electron chi connectivity index (χ0n) is 15.0. The van der Waals surface area contributed by atoms with E-state index < -0.39 is 6.03 Å². The van der Waals surface area contributed by atoms with Crippen LogP contribution in [0.1, 0.15) is 22.5 Å². The molecule has 2 aromatic carbocycles. The van der Waals surface area contributed by atoms with E-state index in [1.165, 1.54) is 29.8 Å². The lowest BCUT2D eigenvalue weighted by molar-refractivity contribution is 0.262. The molecule has 0 aliphatic carbocycles. The van der Waals surface area contributed by atoms with E-state index in [1.807, 2.05) is 24.6 Å². The summed E-state index contributed by atoms with van der Waals surface area (Å²) in [5, 5.41) is 10.0. The Bertz CT molecular complexity index is 931. The maximum atomic E-state index is 12.9. The predicted molar refractivity (Wildman–Crippen MR) is 101 cm³/mol. The highest BCUT2D eigenvalue weighted by molar-refractivity contribution is 6.00. The van der Waals surface area contributed by atoms with E-state index in [0.717, 1.165) is 17.0 Å². The number of nitrogens with one attached hydrogen (secondary N) is 2. The van der Waals surface area contributed by atoms with Gasteiger partial charge in [0, 0.05) is 5.69 Å². The second-order valence-electron chi connectivity index (χ2n) is 6.28. The molecule has 0 fully saturated rings. The minimum absolute atomic E-state index is 0.347. The smallest absolute Gasteiger partial charge is 0.308 e. The van der Waals surface area contributed by atoms with Crippen molar-refractivity contribution in [3.63, 3.8) is 0 Å². The summed E-state index contributed by atoms with van der Waals surface area (Å²) in [4.78, 5) is 12.2. The van der Waals surface area contributed by atoms with Crippen LogP contribution in [0.15, 0.2) is 48.5 Å². The third-order valence-electron chi connectivity index (χ3n) is 4.14. The van der Waals surface area contributed by atoms with Crippen molar-refractivity contribution in [1.29, 1.82) is 0 Å². The van der Waals surface area contributed by atoms with Gasteiger partial charge in [-0.25, -0.2) is 9.18 Å². The lowest BCUT2D eigenvalue weighted by Crippen LogP contribution is -2.20. The monoisotopic (exact) mass is 352 g/mol. The van der Waals surface area contributed by atoms with Crippen molar-refractivity contribution in [3.8, 4) is 0 Å². The average Bonchev–Trinajstić information content (AvgIpc) is 2.84. The number of halogens is 1. The van der Waals surface area contributed by atoms with E-state index in [2.05, 4.69) is 40.9 Å². The summed E-state index contributed by atoms with van der Waals surface area (Å²) in [5.74, 6) is -0.347. The minimum Gasteiger partial charge on any atom is -0.308 e. The molecule has 0 saturated heterocycles. The molecule has 0 spiro atoms. The van der Waals surface area contributed by atoms with E-state index in [9.17, 15) is 9.18 Å². The lowest BCUT2D eigenvalue weighted by Gasteiger charge is -2.09. The Hall–Kier alpha value is -3.15. The van der Waals surface area contributed by atoms with Gasteiger partial charge in [-0.2, -0.15) is 5.10 Å². The van der Waals surface area contributed by atoms with Crippen LogP contribution in [0.2, 0.25) is 0 Å². The van der Waals surface area contributed by atoms with Gasteiger partial charge in [0.15, 0.2) is 0 Å². The van der Waals surface area contributed by atoms with Gasteiger partial charge in [-0.05, 0) is 50.6 Å². The number of hydrogen-bond acceptors (Lipinski definition) is 2. The molecule has 0 radical (unpaired) electrons. The number of anilines is 2. The first-order valence-electron chi connectivity index (χ1n) is 8.35. The fraction of sp³-hybridized carbons (Fsp3) is 0.200. The summed E-state index contributed by atoms with van der Waals surface area (Å²) >= 11 is 0. The number of carbonyl (C=O) groups is 1. The van der Waals surface area contributed by atoms with Crippen LogP contribution in [-0.2, 0) is 6.54 Å². The van der Waals surface area contributed by atoms with Gasteiger partial charge in [0.05, 0.1) is 23.6 Å². The molecule has 134 valence electrons. The molecule has 2 amide bonds. The molecule has 2 N–H and O–H groups in total.